The summed E-state index contributed by atoms with van der Waals surface area (Å²) in [5.41, 5.74) is 0. The van der Waals surface area contributed by atoms with Gasteiger partial charge in [0.25, 0.3) is 0 Å². The summed E-state index contributed by atoms with van der Waals surface area (Å²) in [7, 11) is -2.97. The van der Waals surface area contributed by atoms with Gasteiger partial charge in [0.2, 0.25) is 0 Å². The molecule has 0 spiro atoms. The first-order chi connectivity index (χ1) is 8.13. The van der Waals surface area contributed by atoms with Gasteiger partial charge in [-0.3, -0.25) is 0 Å². The number of hydrogen-bond donors (Lipinski definition) is 1. The molecule has 0 aliphatic heterocycles. The highest BCUT2D eigenvalue weighted by atomic mass is 32.2. The second kappa shape index (κ2) is 5.91. The molecule has 18 heavy (non-hydrogen) atoms. The lowest BCUT2D eigenvalue weighted by Crippen LogP contribution is -2.32. The Kier molecular flexibility index (Phi) is 5.24. The number of hydrogen-bond acceptors (Lipinski definition) is 3. The van der Waals surface area contributed by atoms with Crippen molar-refractivity contribution in [1.82, 2.24) is 5.32 Å². The lowest BCUT2D eigenvalue weighted by Gasteiger charge is -2.23. The highest BCUT2D eigenvalue weighted by molar-refractivity contribution is 7.92. The molecule has 1 fully saturated rings. The molecule has 1 rings (SSSR count). The average Bonchev–Trinajstić information content (AvgIpc) is 3.04. The van der Waals surface area contributed by atoms with Gasteiger partial charge in [0.15, 0.2) is 9.84 Å². The Morgan fingerprint density at radius 3 is 2.17 bits per heavy atom. The SMILES string of the molecule is CC(CCS(=O)(=O)C(C)(C)C)C(C)CNC1CC1. The van der Waals surface area contributed by atoms with Crippen molar-refractivity contribution in [3.63, 3.8) is 0 Å². The molecule has 0 aromatic carbocycles. The van der Waals surface area contributed by atoms with Crippen LogP contribution in [0.3, 0.4) is 0 Å². The molecule has 0 aromatic rings. The lowest BCUT2D eigenvalue weighted by atomic mass is 9.93. The van der Waals surface area contributed by atoms with Crippen LogP contribution in [0.2, 0.25) is 0 Å². The minimum Gasteiger partial charge on any atom is -0.314 e. The molecule has 0 amide bonds. The van der Waals surface area contributed by atoms with Gasteiger partial charge in [0.1, 0.15) is 0 Å². The highest BCUT2D eigenvalue weighted by Crippen LogP contribution is 2.23. The summed E-state index contributed by atoms with van der Waals surface area (Å²) in [5.74, 6) is 1.31. The fourth-order valence-electron chi connectivity index (χ4n) is 1.77. The zero-order valence-corrected chi connectivity index (χ0v) is 13.3. The molecular formula is C14H29NO2S. The van der Waals surface area contributed by atoms with Crippen LogP contribution in [0.4, 0.5) is 0 Å². The molecule has 0 radical (unpaired) electrons. The molecular weight excluding hydrogens is 246 g/mol. The normalized spacial score (nSPS) is 20.7. The van der Waals surface area contributed by atoms with Crippen LogP contribution in [0.1, 0.15) is 53.9 Å². The third-order valence-electron chi connectivity index (χ3n) is 4.05. The molecule has 2 unspecified atom stereocenters. The summed E-state index contributed by atoms with van der Waals surface area (Å²) in [6.45, 7) is 10.7. The van der Waals surface area contributed by atoms with Crippen LogP contribution >= 0.6 is 0 Å². The summed E-state index contributed by atoms with van der Waals surface area (Å²) in [6, 6.07) is 0.734. The fourth-order valence-corrected chi connectivity index (χ4v) is 3.07. The minimum atomic E-state index is -2.97. The van der Waals surface area contributed by atoms with Gasteiger partial charge in [-0.1, -0.05) is 13.8 Å². The van der Waals surface area contributed by atoms with E-state index in [1.807, 2.05) is 0 Å². The lowest BCUT2D eigenvalue weighted by molar-refractivity contribution is 0.356. The Morgan fingerprint density at radius 2 is 1.72 bits per heavy atom. The van der Waals surface area contributed by atoms with Crippen molar-refractivity contribution in [3.05, 3.63) is 0 Å². The molecule has 1 aliphatic rings. The summed E-state index contributed by atoms with van der Waals surface area (Å²) in [6.07, 6.45) is 3.38. The van der Waals surface area contributed by atoms with Crippen LogP contribution in [0.25, 0.3) is 0 Å². The molecule has 0 bridgehead atoms. The van der Waals surface area contributed by atoms with E-state index in [0.29, 0.717) is 17.6 Å². The molecule has 0 saturated heterocycles. The topological polar surface area (TPSA) is 46.2 Å². The van der Waals surface area contributed by atoms with Crippen molar-refractivity contribution in [2.45, 2.75) is 64.7 Å². The fraction of sp³-hybridized carbons (Fsp3) is 1.00. The predicted octanol–water partition coefficient (Wildman–Crippen LogP) is 2.61. The Morgan fingerprint density at radius 1 is 1.17 bits per heavy atom. The second-order valence-electron chi connectivity index (χ2n) is 6.86. The molecule has 1 aliphatic carbocycles. The Labute approximate surface area is 113 Å². The van der Waals surface area contributed by atoms with Gasteiger partial charge >= 0.3 is 0 Å². The number of rotatable bonds is 7. The Hall–Kier alpha value is -0.0900. The standard InChI is InChI=1S/C14H29NO2S/c1-11(12(2)10-15-13-6-7-13)8-9-18(16,17)14(3,4)5/h11-13,15H,6-10H2,1-5H3. The van der Waals surface area contributed by atoms with Crippen molar-refractivity contribution in [1.29, 1.82) is 0 Å². The third-order valence-corrected chi connectivity index (χ3v) is 6.69. The highest BCUT2D eigenvalue weighted by Gasteiger charge is 2.29. The van der Waals surface area contributed by atoms with E-state index in [0.717, 1.165) is 19.0 Å². The molecule has 108 valence electrons. The first-order valence-electron chi connectivity index (χ1n) is 7.09. The van der Waals surface area contributed by atoms with E-state index in [4.69, 9.17) is 0 Å². The van der Waals surface area contributed by atoms with E-state index in [1.54, 1.807) is 20.8 Å². The van der Waals surface area contributed by atoms with Crippen LogP contribution in [0.5, 0.6) is 0 Å². The van der Waals surface area contributed by atoms with Crippen LogP contribution < -0.4 is 5.32 Å². The Balaban J connectivity index is 2.32. The molecule has 1 saturated carbocycles. The summed E-state index contributed by atoms with van der Waals surface area (Å²) in [4.78, 5) is 0. The van der Waals surface area contributed by atoms with Crippen molar-refractivity contribution >= 4 is 9.84 Å². The van der Waals surface area contributed by atoms with E-state index in [9.17, 15) is 8.42 Å². The van der Waals surface area contributed by atoms with Crippen LogP contribution in [0, 0.1) is 11.8 Å². The largest absolute Gasteiger partial charge is 0.314 e. The van der Waals surface area contributed by atoms with Crippen molar-refractivity contribution in [2.24, 2.45) is 11.8 Å². The van der Waals surface area contributed by atoms with Gasteiger partial charge in [-0.2, -0.15) is 0 Å². The number of sulfone groups is 1. The Bertz CT molecular complexity index is 352. The van der Waals surface area contributed by atoms with Crippen LogP contribution in [0.15, 0.2) is 0 Å². The molecule has 0 heterocycles. The second-order valence-corrected chi connectivity index (χ2v) is 9.72. The third kappa shape index (κ3) is 4.88. The van der Waals surface area contributed by atoms with Gasteiger partial charge in [0, 0.05) is 6.04 Å². The van der Waals surface area contributed by atoms with E-state index in [-0.39, 0.29) is 0 Å². The van der Waals surface area contributed by atoms with E-state index < -0.39 is 14.6 Å². The molecule has 1 N–H and O–H groups in total. The smallest absolute Gasteiger partial charge is 0.155 e. The molecule has 3 nitrogen and oxygen atoms in total. The zero-order valence-electron chi connectivity index (χ0n) is 12.5. The van der Waals surface area contributed by atoms with Gasteiger partial charge < -0.3 is 5.32 Å². The molecule has 0 aromatic heterocycles. The number of nitrogens with one attached hydrogen (secondary N) is 1. The van der Waals surface area contributed by atoms with Crippen molar-refractivity contribution in [3.8, 4) is 0 Å². The first-order valence-corrected chi connectivity index (χ1v) is 8.74. The monoisotopic (exact) mass is 275 g/mol. The quantitative estimate of drug-likeness (QED) is 0.777. The van der Waals surface area contributed by atoms with Crippen molar-refractivity contribution < 1.29 is 8.42 Å². The van der Waals surface area contributed by atoms with Gasteiger partial charge in [-0.25, -0.2) is 8.42 Å². The maximum atomic E-state index is 12.0. The van der Waals surface area contributed by atoms with Crippen LogP contribution in [-0.4, -0.2) is 31.5 Å². The maximum Gasteiger partial charge on any atom is 0.155 e. The van der Waals surface area contributed by atoms with Crippen LogP contribution in [-0.2, 0) is 9.84 Å². The average molecular weight is 275 g/mol. The van der Waals surface area contributed by atoms with E-state index in [1.165, 1.54) is 12.8 Å². The summed E-state index contributed by atoms with van der Waals surface area (Å²) in [5, 5.41) is 3.52. The molecule has 4 heteroatoms. The maximum absolute atomic E-state index is 12.0. The summed E-state index contributed by atoms with van der Waals surface area (Å²) >= 11 is 0. The minimum absolute atomic E-state index is 0.311. The first kappa shape index (κ1) is 16.0. The summed E-state index contributed by atoms with van der Waals surface area (Å²) < 4.78 is 23.5. The van der Waals surface area contributed by atoms with Gasteiger partial charge in [0.05, 0.1) is 10.5 Å². The molecule has 2 atom stereocenters. The predicted molar refractivity (Wildman–Crippen MR) is 77.5 cm³/mol. The van der Waals surface area contributed by atoms with Gasteiger partial charge in [-0.05, 0) is 58.4 Å². The van der Waals surface area contributed by atoms with E-state index >= 15 is 0 Å². The van der Waals surface area contributed by atoms with Gasteiger partial charge in [-0.15, -0.1) is 0 Å². The zero-order chi connectivity index (χ0) is 14.0. The van der Waals surface area contributed by atoms with E-state index in [2.05, 4.69) is 19.2 Å². The van der Waals surface area contributed by atoms with Crippen molar-refractivity contribution in [2.75, 3.05) is 12.3 Å².